The third-order valence-corrected chi connectivity index (χ3v) is 7.62. The lowest BCUT2D eigenvalue weighted by molar-refractivity contribution is -0.0654. The molecule has 0 atom stereocenters. The van der Waals surface area contributed by atoms with Crippen molar-refractivity contribution in [3.8, 4) is 0 Å². The van der Waals surface area contributed by atoms with Crippen LogP contribution >= 0.6 is 35.6 Å². The Balaban J connectivity index is 0.000000290. The number of halogens is 5. The van der Waals surface area contributed by atoms with E-state index in [1.165, 1.54) is 18.3 Å². The molecule has 0 saturated carbocycles. The highest BCUT2D eigenvalue weighted by Gasteiger charge is 2.39. The van der Waals surface area contributed by atoms with E-state index in [2.05, 4.69) is 15.3 Å². The summed E-state index contributed by atoms with van der Waals surface area (Å²) in [5.74, 6) is -1.07. The molecule has 4 rings (SSSR count). The van der Waals surface area contributed by atoms with Gasteiger partial charge in [0, 0.05) is 50.8 Å². The number of hydrogen-bond donors (Lipinski definition) is 1. The zero-order chi connectivity index (χ0) is 28.8. The highest BCUT2D eigenvalue weighted by atomic mass is 35.5. The molecule has 40 heavy (non-hydrogen) atoms. The molecule has 0 unspecified atom stereocenters. The van der Waals surface area contributed by atoms with Gasteiger partial charge >= 0.3 is 6.09 Å². The van der Waals surface area contributed by atoms with Gasteiger partial charge in [-0.3, -0.25) is 0 Å². The van der Waals surface area contributed by atoms with Crippen molar-refractivity contribution in [3.05, 3.63) is 57.6 Å². The van der Waals surface area contributed by atoms with Crippen LogP contribution < -0.4 is 5.32 Å². The van der Waals surface area contributed by atoms with E-state index in [1.54, 1.807) is 25.3 Å². The first-order valence-electron chi connectivity index (χ1n) is 12.8. The van der Waals surface area contributed by atoms with Gasteiger partial charge in [0.15, 0.2) is 21.9 Å². The summed E-state index contributed by atoms with van der Waals surface area (Å²) in [7, 11) is 3.23. The van der Waals surface area contributed by atoms with E-state index in [-0.39, 0.29) is 28.8 Å². The molecule has 4 heterocycles. The molecule has 1 N–H and O–H groups in total. The molecule has 2 fully saturated rings. The van der Waals surface area contributed by atoms with Gasteiger partial charge in [0.25, 0.3) is 0 Å². The summed E-state index contributed by atoms with van der Waals surface area (Å²) < 4.78 is 43.7. The van der Waals surface area contributed by atoms with Crippen LogP contribution in [-0.4, -0.2) is 67.0 Å². The molecule has 0 aliphatic carbocycles. The van der Waals surface area contributed by atoms with Crippen molar-refractivity contribution in [3.63, 3.8) is 0 Å². The molecule has 2 saturated heterocycles. The second kappa shape index (κ2) is 14.4. The largest absolute Gasteiger partial charge is 0.444 e. The lowest BCUT2D eigenvalue weighted by Crippen LogP contribution is -2.47. The molecule has 2 aliphatic heterocycles. The van der Waals surface area contributed by atoms with Gasteiger partial charge in [-0.2, -0.15) is 0 Å². The molecular weight excluding hydrogens is 589 g/mol. The van der Waals surface area contributed by atoms with Crippen LogP contribution in [0.3, 0.4) is 0 Å². The number of methoxy groups -OCH3 is 2. The van der Waals surface area contributed by atoms with Gasteiger partial charge in [-0.15, -0.1) is 12.4 Å². The number of rotatable bonds is 4. The molecule has 0 radical (unpaired) electrons. The highest BCUT2D eigenvalue weighted by molar-refractivity contribution is 6.29. The average Bonchev–Trinajstić information content (AvgIpc) is 2.91. The third kappa shape index (κ3) is 8.36. The monoisotopic (exact) mass is 624 g/mol. The van der Waals surface area contributed by atoms with E-state index in [4.69, 9.17) is 37.4 Å². The van der Waals surface area contributed by atoms with Crippen LogP contribution in [0, 0.1) is 11.6 Å². The molecule has 1 amide bonds. The Hall–Kier alpha value is -1.82. The minimum atomic E-state index is -0.670. The minimum Gasteiger partial charge on any atom is -0.444 e. The molecule has 2 aliphatic rings. The molecular formula is C27H37Cl3F2N4O4. The zero-order valence-corrected chi connectivity index (χ0v) is 25.7. The number of ether oxygens (including phenoxy) is 3. The van der Waals surface area contributed by atoms with Crippen LogP contribution in [0.15, 0.2) is 24.5 Å². The average molecular weight is 626 g/mol. The SMILES string of the molecule is COC1(c2cnc(Cl)c(F)c2)CCN(C(=O)OC(C)(C)C)CC1.COC1(c2cnc(Cl)c(F)c2)CCNCC1.Cl. The van der Waals surface area contributed by atoms with Crippen LogP contribution in [-0.2, 0) is 25.4 Å². The molecule has 2 aromatic rings. The summed E-state index contributed by atoms with van der Waals surface area (Å²) in [5.41, 5.74) is -0.236. The van der Waals surface area contributed by atoms with Crippen LogP contribution in [0.4, 0.5) is 13.6 Å². The molecule has 2 aromatic heterocycles. The van der Waals surface area contributed by atoms with Crippen LogP contribution in [0.2, 0.25) is 10.3 Å². The van der Waals surface area contributed by atoms with E-state index >= 15 is 0 Å². The van der Waals surface area contributed by atoms with Crippen molar-refractivity contribution in [2.45, 2.75) is 63.3 Å². The first-order valence-corrected chi connectivity index (χ1v) is 13.5. The Morgan fingerprint density at radius 2 is 1.32 bits per heavy atom. The predicted octanol–water partition coefficient (Wildman–Crippen LogP) is 6.27. The Bertz CT molecular complexity index is 1140. The molecule has 0 bridgehead atoms. The van der Waals surface area contributed by atoms with Crippen LogP contribution in [0.1, 0.15) is 57.6 Å². The standard InChI is InChI=1S/C16H22ClFN2O3.C11H14ClFN2O.ClH/c1-15(2,3)23-14(21)20-7-5-16(22-4,6-8-20)11-9-12(18)13(17)19-10-11;1-16-11(2-4-14-5-3-11)8-6-9(13)10(12)15-7-8;/h9-10H,5-8H2,1-4H3;6-7,14H,2-5H2,1H3;1H. The van der Waals surface area contributed by atoms with Gasteiger partial charge in [0.1, 0.15) is 5.60 Å². The molecule has 13 heteroatoms. The van der Waals surface area contributed by atoms with E-state index < -0.39 is 28.4 Å². The number of amides is 1. The molecule has 0 aromatic carbocycles. The first kappa shape index (κ1) is 34.4. The second-order valence-electron chi connectivity index (χ2n) is 10.6. The maximum Gasteiger partial charge on any atom is 0.410 e. The number of piperidine rings is 2. The van der Waals surface area contributed by atoms with Crippen molar-refractivity contribution >= 4 is 41.7 Å². The van der Waals surface area contributed by atoms with Crippen LogP contribution in [0.25, 0.3) is 0 Å². The zero-order valence-electron chi connectivity index (χ0n) is 23.4. The normalized spacial score (nSPS) is 18.2. The number of carbonyl (C=O) groups excluding carboxylic acids is 1. The fourth-order valence-electron chi connectivity index (χ4n) is 4.77. The van der Waals surface area contributed by atoms with E-state index in [9.17, 15) is 13.6 Å². The number of nitrogens with one attached hydrogen (secondary N) is 1. The fourth-order valence-corrected chi connectivity index (χ4v) is 4.98. The van der Waals surface area contributed by atoms with E-state index in [0.29, 0.717) is 31.5 Å². The van der Waals surface area contributed by atoms with Gasteiger partial charge in [-0.05, 0) is 71.7 Å². The lowest BCUT2D eigenvalue weighted by Gasteiger charge is -2.41. The van der Waals surface area contributed by atoms with E-state index in [1.807, 2.05) is 20.8 Å². The van der Waals surface area contributed by atoms with Gasteiger partial charge in [-0.1, -0.05) is 23.2 Å². The van der Waals surface area contributed by atoms with Gasteiger partial charge in [0.05, 0.1) is 11.2 Å². The Labute approximate surface area is 250 Å². The number of carbonyl (C=O) groups is 1. The van der Waals surface area contributed by atoms with Gasteiger partial charge < -0.3 is 24.4 Å². The highest BCUT2D eigenvalue weighted by Crippen LogP contribution is 2.37. The number of likely N-dealkylation sites (tertiary alicyclic amines) is 1. The third-order valence-electron chi connectivity index (χ3n) is 7.06. The molecule has 0 spiro atoms. The number of nitrogens with zero attached hydrogens (tertiary/aromatic N) is 3. The maximum atomic E-state index is 13.7. The topological polar surface area (TPSA) is 85.8 Å². The Morgan fingerprint density at radius 1 is 0.900 bits per heavy atom. The summed E-state index contributed by atoms with van der Waals surface area (Å²) in [4.78, 5) is 21.5. The van der Waals surface area contributed by atoms with Crippen molar-refractivity contribution in [1.82, 2.24) is 20.2 Å². The molecule has 224 valence electrons. The Morgan fingerprint density at radius 3 is 1.70 bits per heavy atom. The van der Waals surface area contributed by atoms with Crippen molar-refractivity contribution in [2.24, 2.45) is 0 Å². The molecule has 8 nitrogen and oxygen atoms in total. The predicted molar refractivity (Wildman–Crippen MR) is 152 cm³/mol. The van der Waals surface area contributed by atoms with E-state index in [0.717, 1.165) is 31.5 Å². The first-order chi connectivity index (χ1) is 18.3. The summed E-state index contributed by atoms with van der Waals surface area (Å²) in [5, 5.41) is 2.99. The number of pyridine rings is 2. The van der Waals surface area contributed by atoms with Gasteiger partial charge in [-0.25, -0.2) is 23.5 Å². The van der Waals surface area contributed by atoms with Crippen molar-refractivity contribution in [1.29, 1.82) is 0 Å². The minimum absolute atomic E-state index is 0. The lowest BCUT2D eigenvalue weighted by atomic mass is 9.85. The van der Waals surface area contributed by atoms with Crippen LogP contribution in [0.5, 0.6) is 0 Å². The summed E-state index contributed by atoms with van der Waals surface area (Å²) in [6, 6.07) is 2.77. The number of hydrogen-bond acceptors (Lipinski definition) is 7. The maximum absolute atomic E-state index is 13.7. The summed E-state index contributed by atoms with van der Waals surface area (Å²) in [6.07, 6.45) is 5.47. The second-order valence-corrected chi connectivity index (χ2v) is 11.3. The quantitative estimate of drug-likeness (QED) is 0.401. The summed E-state index contributed by atoms with van der Waals surface area (Å²) in [6.45, 7) is 8.14. The van der Waals surface area contributed by atoms with Gasteiger partial charge in [0.2, 0.25) is 0 Å². The Kier molecular flexibility index (Phi) is 12.4. The summed E-state index contributed by atoms with van der Waals surface area (Å²) >= 11 is 11.2. The number of aromatic nitrogens is 2. The fraction of sp³-hybridized carbons (Fsp3) is 0.593. The van der Waals surface area contributed by atoms with Crippen molar-refractivity contribution < 1.29 is 27.8 Å². The van der Waals surface area contributed by atoms with Crippen molar-refractivity contribution in [2.75, 3.05) is 40.4 Å². The smallest absolute Gasteiger partial charge is 0.410 e.